The SMILES string of the molecule is C#CCNCC(F)(F)C(=O)OCC. The van der Waals surface area contributed by atoms with Crippen molar-refractivity contribution in [3.05, 3.63) is 0 Å². The molecule has 0 heterocycles. The van der Waals surface area contributed by atoms with Crippen LogP contribution in [-0.2, 0) is 9.53 Å². The molecule has 0 unspecified atom stereocenters. The molecule has 0 saturated carbocycles. The second-order valence-electron chi connectivity index (χ2n) is 2.23. The number of rotatable bonds is 5. The molecular formula is C8H11F2NO2. The lowest BCUT2D eigenvalue weighted by atomic mass is 10.3. The topological polar surface area (TPSA) is 38.3 Å². The number of ether oxygens (including phenoxy) is 1. The van der Waals surface area contributed by atoms with Crippen molar-refractivity contribution in [3.63, 3.8) is 0 Å². The molecule has 0 aromatic rings. The summed E-state index contributed by atoms with van der Waals surface area (Å²) in [6.07, 6.45) is 4.82. The van der Waals surface area contributed by atoms with E-state index in [-0.39, 0.29) is 13.2 Å². The van der Waals surface area contributed by atoms with Gasteiger partial charge in [0.2, 0.25) is 0 Å². The average Bonchev–Trinajstić information content (AvgIpc) is 2.05. The van der Waals surface area contributed by atoms with Crippen LogP contribution in [0.4, 0.5) is 8.78 Å². The lowest BCUT2D eigenvalue weighted by molar-refractivity contribution is -0.170. The Morgan fingerprint density at radius 2 is 2.31 bits per heavy atom. The van der Waals surface area contributed by atoms with E-state index < -0.39 is 18.4 Å². The van der Waals surface area contributed by atoms with Gasteiger partial charge in [-0.25, -0.2) is 4.79 Å². The number of esters is 1. The van der Waals surface area contributed by atoms with E-state index in [0.29, 0.717) is 0 Å². The van der Waals surface area contributed by atoms with Gasteiger partial charge in [0, 0.05) is 0 Å². The summed E-state index contributed by atoms with van der Waals surface area (Å²) in [6, 6.07) is 0. The molecule has 0 atom stereocenters. The largest absolute Gasteiger partial charge is 0.462 e. The third kappa shape index (κ3) is 4.43. The fraction of sp³-hybridized carbons (Fsp3) is 0.625. The van der Waals surface area contributed by atoms with Gasteiger partial charge in [-0.1, -0.05) is 5.92 Å². The molecule has 0 bridgehead atoms. The average molecular weight is 191 g/mol. The molecule has 0 fully saturated rings. The quantitative estimate of drug-likeness (QED) is 0.388. The number of terminal acetylenes is 1. The van der Waals surface area contributed by atoms with Gasteiger partial charge in [-0.15, -0.1) is 6.42 Å². The molecule has 0 radical (unpaired) electrons. The van der Waals surface area contributed by atoms with E-state index in [0.717, 1.165) is 0 Å². The summed E-state index contributed by atoms with van der Waals surface area (Å²) in [5.41, 5.74) is 0. The van der Waals surface area contributed by atoms with Crippen LogP contribution < -0.4 is 5.32 Å². The minimum absolute atomic E-state index is 0.00497. The monoisotopic (exact) mass is 191 g/mol. The molecule has 0 aliphatic rings. The minimum Gasteiger partial charge on any atom is -0.462 e. The first-order valence-corrected chi connectivity index (χ1v) is 3.73. The van der Waals surface area contributed by atoms with Crippen LogP contribution >= 0.6 is 0 Å². The number of carbonyl (C=O) groups excluding carboxylic acids is 1. The van der Waals surface area contributed by atoms with Gasteiger partial charge >= 0.3 is 11.9 Å². The van der Waals surface area contributed by atoms with Crippen LogP contribution in [0.15, 0.2) is 0 Å². The summed E-state index contributed by atoms with van der Waals surface area (Å²) in [4.78, 5) is 10.6. The molecule has 0 amide bonds. The Morgan fingerprint density at radius 1 is 1.69 bits per heavy atom. The van der Waals surface area contributed by atoms with Crippen LogP contribution in [0.3, 0.4) is 0 Å². The Bertz CT molecular complexity index is 211. The Morgan fingerprint density at radius 3 is 2.77 bits per heavy atom. The molecule has 3 nitrogen and oxygen atoms in total. The molecule has 5 heteroatoms. The van der Waals surface area contributed by atoms with Gasteiger partial charge < -0.3 is 4.74 Å². The molecule has 0 aliphatic heterocycles. The predicted octanol–water partition coefficient (Wildman–Crippen LogP) is 0.408. The fourth-order valence-electron chi connectivity index (χ4n) is 0.601. The first kappa shape index (κ1) is 11.8. The number of hydrogen-bond donors (Lipinski definition) is 1. The Hall–Kier alpha value is -1.15. The molecular weight excluding hydrogens is 180 g/mol. The summed E-state index contributed by atoms with van der Waals surface area (Å²) in [5, 5.41) is 2.23. The lowest BCUT2D eigenvalue weighted by Crippen LogP contribution is -2.41. The molecule has 74 valence electrons. The third-order valence-electron chi connectivity index (χ3n) is 1.15. The van der Waals surface area contributed by atoms with Gasteiger partial charge in [-0.05, 0) is 6.92 Å². The number of nitrogens with one attached hydrogen (secondary N) is 1. The highest BCUT2D eigenvalue weighted by atomic mass is 19.3. The van der Waals surface area contributed by atoms with E-state index in [1.165, 1.54) is 6.92 Å². The van der Waals surface area contributed by atoms with Gasteiger partial charge in [0.15, 0.2) is 0 Å². The maximum absolute atomic E-state index is 12.7. The van der Waals surface area contributed by atoms with Gasteiger partial charge in [-0.3, -0.25) is 5.32 Å². The normalized spacial score (nSPS) is 10.6. The van der Waals surface area contributed by atoms with Crippen molar-refractivity contribution in [3.8, 4) is 12.3 Å². The molecule has 0 aromatic heterocycles. The van der Waals surface area contributed by atoms with E-state index in [9.17, 15) is 13.6 Å². The molecule has 1 N–H and O–H groups in total. The van der Waals surface area contributed by atoms with Crippen molar-refractivity contribution in [2.75, 3.05) is 19.7 Å². The van der Waals surface area contributed by atoms with Crippen molar-refractivity contribution in [1.82, 2.24) is 5.32 Å². The van der Waals surface area contributed by atoms with Crippen molar-refractivity contribution in [2.45, 2.75) is 12.8 Å². The first-order chi connectivity index (χ1) is 6.04. The zero-order valence-electron chi connectivity index (χ0n) is 7.27. The van der Waals surface area contributed by atoms with Crippen LogP contribution in [0.5, 0.6) is 0 Å². The summed E-state index contributed by atoms with van der Waals surface area (Å²) >= 11 is 0. The summed E-state index contributed by atoms with van der Waals surface area (Å²) < 4.78 is 29.6. The molecule has 0 aliphatic carbocycles. The maximum Gasteiger partial charge on any atom is 0.378 e. The predicted molar refractivity (Wildman–Crippen MR) is 43.3 cm³/mol. The van der Waals surface area contributed by atoms with Crippen LogP contribution in [0, 0.1) is 12.3 Å². The second-order valence-corrected chi connectivity index (χ2v) is 2.23. The van der Waals surface area contributed by atoms with Crippen LogP contribution in [0.25, 0.3) is 0 Å². The number of hydrogen-bond acceptors (Lipinski definition) is 3. The van der Waals surface area contributed by atoms with Gasteiger partial charge in [-0.2, -0.15) is 8.78 Å². The van der Waals surface area contributed by atoms with Crippen molar-refractivity contribution in [2.24, 2.45) is 0 Å². The third-order valence-corrected chi connectivity index (χ3v) is 1.15. The van der Waals surface area contributed by atoms with E-state index in [1.807, 2.05) is 0 Å². The molecule has 0 spiro atoms. The summed E-state index contributed by atoms with van der Waals surface area (Å²) in [5.74, 6) is -2.92. The Balaban J connectivity index is 3.92. The van der Waals surface area contributed by atoms with Gasteiger partial charge in [0.25, 0.3) is 0 Å². The number of alkyl halides is 2. The van der Waals surface area contributed by atoms with Crippen molar-refractivity contribution < 1.29 is 18.3 Å². The van der Waals surface area contributed by atoms with Crippen LogP contribution in [0.1, 0.15) is 6.92 Å². The highest BCUT2D eigenvalue weighted by molar-refractivity contribution is 5.77. The molecule has 0 saturated heterocycles. The number of halogens is 2. The highest BCUT2D eigenvalue weighted by Crippen LogP contribution is 2.13. The Kier molecular flexibility index (Phi) is 5.00. The smallest absolute Gasteiger partial charge is 0.378 e. The number of carbonyl (C=O) groups is 1. The minimum atomic E-state index is -3.51. The van der Waals surface area contributed by atoms with Gasteiger partial charge in [0.1, 0.15) is 0 Å². The zero-order valence-corrected chi connectivity index (χ0v) is 7.27. The standard InChI is InChI=1S/C8H11F2NO2/c1-3-5-11-6-8(9,10)7(12)13-4-2/h1,11H,4-6H2,2H3. The summed E-state index contributed by atoms with van der Waals surface area (Å²) in [7, 11) is 0. The van der Waals surface area contributed by atoms with Crippen molar-refractivity contribution >= 4 is 5.97 Å². The zero-order chi connectivity index (χ0) is 10.3. The van der Waals surface area contributed by atoms with E-state index in [4.69, 9.17) is 6.42 Å². The van der Waals surface area contributed by atoms with Crippen LogP contribution in [0.2, 0.25) is 0 Å². The molecule has 0 aromatic carbocycles. The summed E-state index contributed by atoms with van der Waals surface area (Å²) in [6.45, 7) is 0.595. The fourth-order valence-corrected chi connectivity index (χ4v) is 0.601. The highest BCUT2D eigenvalue weighted by Gasteiger charge is 2.39. The van der Waals surface area contributed by atoms with E-state index in [1.54, 1.807) is 0 Å². The molecule has 13 heavy (non-hydrogen) atoms. The lowest BCUT2D eigenvalue weighted by Gasteiger charge is -2.13. The van der Waals surface area contributed by atoms with Crippen molar-refractivity contribution in [1.29, 1.82) is 0 Å². The maximum atomic E-state index is 12.7. The van der Waals surface area contributed by atoms with Gasteiger partial charge in [0.05, 0.1) is 19.7 Å². The van der Waals surface area contributed by atoms with E-state index in [2.05, 4.69) is 16.0 Å². The van der Waals surface area contributed by atoms with E-state index >= 15 is 0 Å². The van der Waals surface area contributed by atoms with Crippen LogP contribution in [-0.4, -0.2) is 31.6 Å². The first-order valence-electron chi connectivity index (χ1n) is 3.73. The Labute approximate surface area is 75.4 Å². The molecule has 0 rings (SSSR count). The second kappa shape index (κ2) is 5.49.